The molecule has 0 radical (unpaired) electrons. The summed E-state index contributed by atoms with van der Waals surface area (Å²) < 4.78 is 5.76. The third-order valence-corrected chi connectivity index (χ3v) is 5.28. The predicted octanol–water partition coefficient (Wildman–Crippen LogP) is 2.71. The van der Waals surface area contributed by atoms with E-state index in [0.29, 0.717) is 35.8 Å². The van der Waals surface area contributed by atoms with Crippen molar-refractivity contribution in [1.82, 2.24) is 10.7 Å². The molecule has 4 rings (SSSR count). The van der Waals surface area contributed by atoms with Crippen LogP contribution in [-0.2, 0) is 22.5 Å². The van der Waals surface area contributed by atoms with Crippen molar-refractivity contribution in [3.8, 4) is 0 Å². The lowest BCUT2D eigenvalue weighted by Crippen LogP contribution is -2.43. The summed E-state index contributed by atoms with van der Waals surface area (Å²) in [6.45, 7) is 2.69. The number of morpholine rings is 1. The fourth-order valence-electron chi connectivity index (χ4n) is 3.58. The molecule has 0 amide bonds. The van der Waals surface area contributed by atoms with Crippen molar-refractivity contribution in [2.75, 3.05) is 24.7 Å². The number of nitrogens with one attached hydrogen (secondary N) is 2. The molecule has 1 unspecified atom stereocenters. The molecule has 0 aromatic heterocycles. The normalized spacial score (nSPS) is 18.9. The molecule has 2 heterocycles. The molecule has 2 aliphatic heterocycles. The van der Waals surface area contributed by atoms with Crippen molar-refractivity contribution < 1.29 is 19.7 Å². The first kappa shape index (κ1) is 19.6. The van der Waals surface area contributed by atoms with Crippen molar-refractivity contribution in [2.24, 2.45) is 0 Å². The lowest BCUT2D eigenvalue weighted by molar-refractivity contribution is -0.133. The Kier molecular flexibility index (Phi) is 5.62. The maximum absolute atomic E-state index is 11.7. The molecular formula is C21H22ClN3O4. The molecule has 152 valence electrons. The molecule has 0 bridgehead atoms. The van der Waals surface area contributed by atoms with Gasteiger partial charge in [0.1, 0.15) is 0 Å². The Balaban J connectivity index is 1.65. The molecular weight excluding hydrogens is 394 g/mol. The number of nitrogens with zero attached hydrogens (tertiary/aromatic N) is 1. The zero-order chi connectivity index (χ0) is 20.4. The number of carboxylic acids is 1. The molecule has 1 saturated heterocycles. The van der Waals surface area contributed by atoms with E-state index in [9.17, 15) is 15.0 Å². The van der Waals surface area contributed by atoms with Gasteiger partial charge in [0.15, 0.2) is 11.5 Å². The summed E-state index contributed by atoms with van der Waals surface area (Å²) in [5, 5.41) is 25.8. The molecule has 2 aromatic carbocycles. The molecule has 0 spiro atoms. The van der Waals surface area contributed by atoms with Crippen LogP contribution in [0.1, 0.15) is 16.7 Å². The van der Waals surface area contributed by atoms with E-state index in [-0.39, 0.29) is 17.6 Å². The number of ether oxygens (including phenoxy) is 1. The highest BCUT2D eigenvalue weighted by atomic mass is 35.5. The maximum Gasteiger partial charge on any atom is 0.357 e. The van der Waals surface area contributed by atoms with E-state index in [4.69, 9.17) is 16.3 Å². The van der Waals surface area contributed by atoms with E-state index in [1.165, 1.54) is 0 Å². The largest absolute Gasteiger partial charge is 0.505 e. The number of aliphatic hydroxyl groups is 1. The second-order valence-electron chi connectivity index (χ2n) is 7.11. The van der Waals surface area contributed by atoms with Gasteiger partial charge in [-0.2, -0.15) is 0 Å². The number of hydrogen-bond acceptors (Lipinski definition) is 6. The van der Waals surface area contributed by atoms with Crippen LogP contribution in [-0.4, -0.2) is 42.0 Å². The molecule has 2 aliphatic rings. The summed E-state index contributed by atoms with van der Waals surface area (Å²) in [4.78, 5) is 11.7. The summed E-state index contributed by atoms with van der Waals surface area (Å²) >= 11 is 5.95. The van der Waals surface area contributed by atoms with Crippen LogP contribution in [0.2, 0.25) is 5.02 Å². The van der Waals surface area contributed by atoms with Gasteiger partial charge in [-0.25, -0.2) is 4.79 Å². The number of hydrogen-bond donors (Lipinski definition) is 4. The Hall–Kier alpha value is -2.74. The zero-order valence-electron chi connectivity index (χ0n) is 15.7. The number of halogens is 1. The van der Waals surface area contributed by atoms with Gasteiger partial charge < -0.3 is 20.3 Å². The van der Waals surface area contributed by atoms with Crippen molar-refractivity contribution in [3.05, 3.63) is 69.9 Å². The summed E-state index contributed by atoms with van der Waals surface area (Å²) in [7, 11) is 0. The zero-order valence-corrected chi connectivity index (χ0v) is 16.4. The van der Waals surface area contributed by atoms with Gasteiger partial charge in [-0.3, -0.25) is 10.4 Å². The van der Waals surface area contributed by atoms with Crippen molar-refractivity contribution in [3.63, 3.8) is 0 Å². The van der Waals surface area contributed by atoms with Gasteiger partial charge in [-0.15, -0.1) is 0 Å². The van der Waals surface area contributed by atoms with Gasteiger partial charge in [0, 0.05) is 23.7 Å². The van der Waals surface area contributed by atoms with E-state index in [2.05, 4.69) is 10.7 Å². The lowest BCUT2D eigenvalue weighted by Gasteiger charge is -2.33. The predicted molar refractivity (Wildman–Crippen MR) is 111 cm³/mol. The fraction of sp³-hybridized carbons (Fsp3) is 0.286. The molecule has 29 heavy (non-hydrogen) atoms. The van der Waals surface area contributed by atoms with Crippen LogP contribution >= 0.6 is 11.6 Å². The van der Waals surface area contributed by atoms with Gasteiger partial charge in [0.2, 0.25) is 0 Å². The van der Waals surface area contributed by atoms with E-state index < -0.39 is 5.97 Å². The molecule has 8 heteroatoms. The summed E-state index contributed by atoms with van der Waals surface area (Å²) in [5.74, 6) is -1.50. The topological polar surface area (TPSA) is 94.1 Å². The number of hydrazine groups is 1. The number of rotatable bonds is 5. The average molecular weight is 416 g/mol. The number of benzene rings is 2. The first-order valence-corrected chi connectivity index (χ1v) is 9.80. The minimum atomic E-state index is -1.22. The monoisotopic (exact) mass is 415 g/mol. The van der Waals surface area contributed by atoms with Crippen LogP contribution in [0.4, 0.5) is 5.69 Å². The molecule has 1 atom stereocenters. The summed E-state index contributed by atoms with van der Waals surface area (Å²) in [5.41, 5.74) is 5.68. The Bertz CT molecular complexity index is 939. The van der Waals surface area contributed by atoms with Gasteiger partial charge >= 0.3 is 5.97 Å². The lowest BCUT2D eigenvalue weighted by atomic mass is 9.99. The molecule has 0 saturated carbocycles. The number of carboxylic acid groups (broad SMARTS) is 1. The maximum atomic E-state index is 11.7. The van der Waals surface area contributed by atoms with Gasteiger partial charge in [-0.1, -0.05) is 29.8 Å². The third-order valence-electron chi connectivity index (χ3n) is 5.03. The number of aliphatic carboxylic acids is 1. The van der Waals surface area contributed by atoms with Crippen LogP contribution in [0.15, 0.2) is 48.2 Å². The average Bonchev–Trinajstić information content (AvgIpc) is 2.72. The standard InChI is InChI=1S/C21H22ClN3O4/c22-15-4-1-13(2-5-15)12-25-18-6-3-14(9-16-11-23-7-8-29-16)10-17(18)20(26)19(24-25)21(27)28/h1-6,10,16,23-24,26H,7-9,11-12H2,(H,27,28). The Morgan fingerprint density at radius 2 is 1.97 bits per heavy atom. The van der Waals surface area contributed by atoms with Crippen molar-refractivity contribution >= 4 is 29.0 Å². The van der Waals surface area contributed by atoms with E-state index >= 15 is 0 Å². The molecule has 7 nitrogen and oxygen atoms in total. The number of aliphatic hydroxyl groups excluding tert-OH is 1. The van der Waals surface area contributed by atoms with Crippen molar-refractivity contribution in [2.45, 2.75) is 19.1 Å². The molecule has 2 aromatic rings. The van der Waals surface area contributed by atoms with Crippen LogP contribution in [0, 0.1) is 0 Å². The first-order valence-electron chi connectivity index (χ1n) is 9.42. The minimum absolute atomic E-state index is 0.0544. The van der Waals surface area contributed by atoms with Crippen molar-refractivity contribution in [1.29, 1.82) is 0 Å². The highest BCUT2D eigenvalue weighted by molar-refractivity contribution is 6.30. The SMILES string of the molecule is O=C(O)C1=C(O)c2cc(CC3CNCCO3)ccc2N(Cc2ccc(Cl)cc2)N1. The van der Waals surface area contributed by atoms with E-state index in [1.807, 2.05) is 30.3 Å². The second kappa shape index (κ2) is 8.32. The fourth-order valence-corrected chi connectivity index (χ4v) is 3.70. The molecule has 4 N–H and O–H groups in total. The Morgan fingerprint density at radius 1 is 1.21 bits per heavy atom. The Labute approximate surface area is 173 Å². The quantitative estimate of drug-likeness (QED) is 0.596. The highest BCUT2D eigenvalue weighted by Crippen LogP contribution is 2.33. The summed E-state index contributed by atoms with van der Waals surface area (Å²) in [6.07, 6.45) is 0.736. The van der Waals surface area contributed by atoms with Crippen LogP contribution < -0.4 is 15.8 Å². The molecule has 1 fully saturated rings. The number of anilines is 1. The molecule has 0 aliphatic carbocycles. The number of carbonyl (C=O) groups is 1. The van der Waals surface area contributed by atoms with Crippen LogP contribution in [0.25, 0.3) is 5.76 Å². The van der Waals surface area contributed by atoms with Gasteiger partial charge in [0.05, 0.1) is 24.9 Å². The minimum Gasteiger partial charge on any atom is -0.505 e. The van der Waals surface area contributed by atoms with Crippen LogP contribution in [0.5, 0.6) is 0 Å². The van der Waals surface area contributed by atoms with Gasteiger partial charge in [0.25, 0.3) is 0 Å². The van der Waals surface area contributed by atoms with Crippen LogP contribution in [0.3, 0.4) is 0 Å². The Morgan fingerprint density at radius 3 is 2.66 bits per heavy atom. The van der Waals surface area contributed by atoms with Gasteiger partial charge in [-0.05, 0) is 41.8 Å². The van der Waals surface area contributed by atoms with E-state index in [1.54, 1.807) is 17.1 Å². The third kappa shape index (κ3) is 4.32. The first-order chi connectivity index (χ1) is 14.0. The summed E-state index contributed by atoms with van der Waals surface area (Å²) in [6, 6.07) is 13.0. The smallest absolute Gasteiger partial charge is 0.357 e. The second-order valence-corrected chi connectivity index (χ2v) is 7.54. The number of fused-ring (bicyclic) bond motifs is 1. The highest BCUT2D eigenvalue weighted by Gasteiger charge is 2.28. The van der Waals surface area contributed by atoms with E-state index in [0.717, 1.165) is 24.2 Å².